The van der Waals surface area contributed by atoms with Crippen molar-refractivity contribution in [1.29, 1.82) is 0 Å². The highest BCUT2D eigenvalue weighted by molar-refractivity contribution is 7.89. The molecule has 25 heavy (non-hydrogen) atoms. The van der Waals surface area contributed by atoms with Crippen LogP contribution in [0.4, 0.5) is 4.79 Å². The van der Waals surface area contributed by atoms with E-state index in [-0.39, 0.29) is 23.4 Å². The Morgan fingerprint density at radius 1 is 1.24 bits per heavy atom. The number of hydrogen-bond acceptors (Lipinski definition) is 4. The lowest BCUT2D eigenvalue weighted by Crippen LogP contribution is -2.48. The molecule has 1 atom stereocenters. The average molecular weight is 370 g/mol. The quantitative estimate of drug-likeness (QED) is 0.513. The van der Waals surface area contributed by atoms with E-state index >= 15 is 0 Å². The van der Waals surface area contributed by atoms with E-state index in [1.165, 1.54) is 12.1 Å². The third-order valence-corrected chi connectivity index (χ3v) is 4.93. The van der Waals surface area contributed by atoms with Crippen LogP contribution in [0.5, 0.6) is 0 Å². The average Bonchev–Trinajstić information content (AvgIpc) is 2.51. The first-order valence-electron chi connectivity index (χ1n) is 8.10. The van der Waals surface area contributed by atoms with Gasteiger partial charge in [0, 0.05) is 12.6 Å². The minimum absolute atomic E-state index is 0.133. The van der Waals surface area contributed by atoms with Crippen molar-refractivity contribution in [2.75, 3.05) is 0 Å². The molecule has 0 saturated carbocycles. The number of nitrogens with two attached hydrogens (primary N) is 1. The highest BCUT2D eigenvalue weighted by Crippen LogP contribution is 2.12. The summed E-state index contributed by atoms with van der Waals surface area (Å²) < 4.78 is 26.9. The zero-order valence-corrected chi connectivity index (χ0v) is 15.5. The van der Waals surface area contributed by atoms with Gasteiger partial charge in [-0.25, -0.2) is 17.9 Å². The maximum Gasteiger partial charge on any atom is 0.312 e. The van der Waals surface area contributed by atoms with Crippen molar-refractivity contribution in [3.05, 3.63) is 29.8 Å². The summed E-state index contributed by atoms with van der Waals surface area (Å²) in [5.74, 6) is -0.366. The second kappa shape index (κ2) is 9.38. The number of benzene rings is 1. The first kappa shape index (κ1) is 20.9. The molecule has 1 aromatic rings. The maximum absolute atomic E-state index is 12.2. The summed E-state index contributed by atoms with van der Waals surface area (Å²) >= 11 is 0. The molecule has 0 radical (unpaired) electrons. The molecular weight excluding hydrogens is 344 g/mol. The topological polar surface area (TPSA) is 130 Å². The van der Waals surface area contributed by atoms with E-state index in [0.717, 1.165) is 0 Å². The zero-order valence-electron chi connectivity index (χ0n) is 14.7. The second-order valence-electron chi connectivity index (χ2n) is 5.99. The van der Waals surface area contributed by atoms with Crippen LogP contribution in [0.25, 0.3) is 0 Å². The SMILES string of the molecule is CCC[C@@H](NC(N)=O)C(=O)NCc1cccc(S(=O)(=O)NC(C)C)c1. The standard InChI is InChI=1S/C16H26N4O4S/c1-4-6-14(19-16(17)22)15(21)18-10-12-7-5-8-13(9-12)25(23,24)20-11(2)3/h5,7-9,11,14,20H,4,6,10H2,1-3H3,(H,18,21)(H3,17,19,22)/t14-/m1/s1. The van der Waals surface area contributed by atoms with Crippen LogP contribution in [0, 0.1) is 0 Å². The van der Waals surface area contributed by atoms with Gasteiger partial charge in [-0.05, 0) is 38.0 Å². The van der Waals surface area contributed by atoms with Crippen molar-refractivity contribution < 1.29 is 18.0 Å². The van der Waals surface area contributed by atoms with Gasteiger partial charge in [-0.3, -0.25) is 4.79 Å². The summed E-state index contributed by atoms with van der Waals surface area (Å²) in [7, 11) is -3.60. The van der Waals surface area contributed by atoms with Gasteiger partial charge in [0.15, 0.2) is 0 Å². The highest BCUT2D eigenvalue weighted by atomic mass is 32.2. The van der Waals surface area contributed by atoms with E-state index in [1.807, 2.05) is 6.92 Å². The lowest BCUT2D eigenvalue weighted by Gasteiger charge is -2.17. The number of amides is 3. The van der Waals surface area contributed by atoms with E-state index in [9.17, 15) is 18.0 Å². The molecule has 0 saturated heterocycles. The Hall–Kier alpha value is -2.13. The smallest absolute Gasteiger partial charge is 0.312 e. The number of urea groups is 1. The number of primary amides is 1. The Morgan fingerprint density at radius 2 is 1.92 bits per heavy atom. The number of nitrogens with one attached hydrogen (secondary N) is 3. The molecule has 0 heterocycles. The van der Waals surface area contributed by atoms with Gasteiger partial charge in [0.05, 0.1) is 4.90 Å². The minimum Gasteiger partial charge on any atom is -0.352 e. The van der Waals surface area contributed by atoms with Gasteiger partial charge in [0.1, 0.15) is 6.04 Å². The first-order valence-corrected chi connectivity index (χ1v) is 9.59. The third-order valence-electron chi connectivity index (χ3n) is 3.28. The highest BCUT2D eigenvalue weighted by Gasteiger charge is 2.19. The largest absolute Gasteiger partial charge is 0.352 e. The number of rotatable bonds is 9. The van der Waals surface area contributed by atoms with Crippen molar-refractivity contribution in [1.82, 2.24) is 15.4 Å². The van der Waals surface area contributed by atoms with Gasteiger partial charge < -0.3 is 16.4 Å². The number of carbonyl (C=O) groups excluding carboxylic acids is 2. The Morgan fingerprint density at radius 3 is 2.48 bits per heavy atom. The second-order valence-corrected chi connectivity index (χ2v) is 7.71. The molecule has 9 heteroatoms. The molecule has 0 unspecified atom stereocenters. The van der Waals surface area contributed by atoms with Crippen LogP contribution in [-0.2, 0) is 21.4 Å². The third kappa shape index (κ3) is 7.10. The molecular formula is C16H26N4O4S. The van der Waals surface area contributed by atoms with E-state index in [4.69, 9.17) is 5.73 Å². The molecule has 0 spiro atoms. The van der Waals surface area contributed by atoms with Crippen molar-refractivity contribution in [3.8, 4) is 0 Å². The molecule has 3 amide bonds. The van der Waals surface area contributed by atoms with Crippen LogP contribution < -0.4 is 21.1 Å². The fourth-order valence-electron chi connectivity index (χ4n) is 2.24. The van der Waals surface area contributed by atoms with Gasteiger partial charge >= 0.3 is 6.03 Å². The van der Waals surface area contributed by atoms with Crippen molar-refractivity contribution >= 4 is 22.0 Å². The summed E-state index contributed by atoms with van der Waals surface area (Å²) in [5, 5.41) is 5.08. The van der Waals surface area contributed by atoms with Crippen molar-refractivity contribution in [3.63, 3.8) is 0 Å². The number of hydrogen-bond donors (Lipinski definition) is 4. The Bertz CT molecular complexity index is 704. The zero-order chi connectivity index (χ0) is 19.0. The molecule has 0 aliphatic carbocycles. The number of carbonyl (C=O) groups is 2. The van der Waals surface area contributed by atoms with E-state index in [1.54, 1.807) is 26.0 Å². The molecule has 1 aromatic carbocycles. The van der Waals surface area contributed by atoms with E-state index in [2.05, 4.69) is 15.4 Å². The molecule has 0 aromatic heterocycles. The monoisotopic (exact) mass is 370 g/mol. The number of sulfonamides is 1. The summed E-state index contributed by atoms with van der Waals surface area (Å²) in [5.41, 5.74) is 5.71. The first-order chi connectivity index (χ1) is 11.7. The summed E-state index contributed by atoms with van der Waals surface area (Å²) in [4.78, 5) is 23.3. The molecule has 140 valence electrons. The van der Waals surface area contributed by atoms with Crippen LogP contribution in [0.1, 0.15) is 39.2 Å². The predicted molar refractivity (Wildman–Crippen MR) is 95.2 cm³/mol. The van der Waals surface area contributed by atoms with E-state index < -0.39 is 22.1 Å². The summed E-state index contributed by atoms with van der Waals surface area (Å²) in [6.07, 6.45) is 1.16. The fraction of sp³-hybridized carbons (Fsp3) is 0.500. The predicted octanol–water partition coefficient (Wildman–Crippen LogP) is 0.827. The molecule has 0 bridgehead atoms. The fourth-order valence-corrected chi connectivity index (χ4v) is 3.56. The van der Waals surface area contributed by atoms with Gasteiger partial charge in [0.2, 0.25) is 15.9 Å². The molecule has 0 fully saturated rings. The minimum atomic E-state index is -3.60. The normalized spacial score (nSPS) is 12.6. The Labute approximate surface area is 148 Å². The van der Waals surface area contributed by atoms with Crippen molar-refractivity contribution in [2.24, 2.45) is 5.73 Å². The molecule has 0 aliphatic heterocycles. The van der Waals surface area contributed by atoms with Crippen molar-refractivity contribution in [2.45, 2.75) is 57.1 Å². The van der Waals surface area contributed by atoms with Crippen LogP contribution >= 0.6 is 0 Å². The van der Waals surface area contributed by atoms with Crippen LogP contribution in [0.15, 0.2) is 29.2 Å². The van der Waals surface area contributed by atoms with Gasteiger partial charge in [-0.1, -0.05) is 25.5 Å². The van der Waals surface area contributed by atoms with E-state index in [0.29, 0.717) is 18.4 Å². The molecule has 8 nitrogen and oxygen atoms in total. The lowest BCUT2D eigenvalue weighted by atomic mass is 10.1. The van der Waals surface area contributed by atoms with Crippen LogP contribution in [-0.4, -0.2) is 32.4 Å². The molecule has 0 aliphatic rings. The Balaban J connectivity index is 2.79. The van der Waals surface area contributed by atoms with Gasteiger partial charge in [-0.15, -0.1) is 0 Å². The lowest BCUT2D eigenvalue weighted by molar-refractivity contribution is -0.123. The van der Waals surface area contributed by atoms with Crippen LogP contribution in [0.2, 0.25) is 0 Å². The summed E-state index contributed by atoms with van der Waals surface area (Å²) in [6, 6.07) is 4.62. The maximum atomic E-state index is 12.2. The molecule has 1 rings (SSSR count). The Kier molecular flexibility index (Phi) is 7.85. The van der Waals surface area contributed by atoms with Crippen LogP contribution in [0.3, 0.4) is 0 Å². The summed E-state index contributed by atoms with van der Waals surface area (Å²) in [6.45, 7) is 5.51. The van der Waals surface area contributed by atoms with Gasteiger partial charge in [0.25, 0.3) is 0 Å². The molecule has 5 N–H and O–H groups in total. The van der Waals surface area contributed by atoms with Gasteiger partial charge in [-0.2, -0.15) is 0 Å².